The summed E-state index contributed by atoms with van der Waals surface area (Å²) in [6.07, 6.45) is 4.16. The van der Waals surface area contributed by atoms with Crippen LogP contribution in [-0.2, 0) is 0 Å². The van der Waals surface area contributed by atoms with Crippen LogP contribution in [0.4, 0.5) is 0 Å². The van der Waals surface area contributed by atoms with E-state index in [1.54, 1.807) is 24.4 Å². The van der Waals surface area contributed by atoms with E-state index in [4.69, 9.17) is 5.11 Å². The lowest BCUT2D eigenvalue weighted by atomic mass is 10.2. The molecule has 0 aromatic carbocycles. The molecule has 0 bridgehead atoms. The van der Waals surface area contributed by atoms with Crippen molar-refractivity contribution < 1.29 is 9.90 Å². The lowest BCUT2D eigenvalue weighted by molar-refractivity contribution is 0.0950. The van der Waals surface area contributed by atoms with E-state index in [-0.39, 0.29) is 17.7 Å². The van der Waals surface area contributed by atoms with Gasteiger partial charge in [-0.2, -0.15) is 0 Å². The molecule has 2 N–H and O–H groups in total. The maximum Gasteiger partial charge on any atom is 0.270 e. The Morgan fingerprint density at radius 2 is 2.21 bits per heavy atom. The predicted molar refractivity (Wildman–Crippen MR) is 70.1 cm³/mol. The Hall–Kier alpha value is -2.21. The minimum atomic E-state index is -0.436. The average Bonchev–Trinajstić information content (AvgIpc) is 2.44. The fourth-order valence-electron chi connectivity index (χ4n) is 1.72. The smallest absolute Gasteiger partial charge is 0.270 e. The molecule has 19 heavy (non-hydrogen) atoms. The van der Waals surface area contributed by atoms with Gasteiger partial charge in [-0.05, 0) is 25.0 Å². The number of unbranched alkanes of at least 4 members (excludes halogenated alkanes) is 1. The molecule has 0 spiro atoms. The molecule has 2 rings (SSSR count). The molecular formula is C13H15N3O3. The summed E-state index contributed by atoms with van der Waals surface area (Å²) in [7, 11) is 0. The van der Waals surface area contributed by atoms with Gasteiger partial charge in [0.15, 0.2) is 0 Å². The number of hydrogen-bond donors (Lipinski definition) is 2. The molecule has 1 amide bonds. The first-order valence-electron chi connectivity index (χ1n) is 6.09. The van der Waals surface area contributed by atoms with Crippen LogP contribution in [-0.4, -0.2) is 33.6 Å². The molecule has 2 heterocycles. The van der Waals surface area contributed by atoms with Crippen molar-refractivity contribution in [1.82, 2.24) is 14.7 Å². The highest BCUT2D eigenvalue weighted by atomic mass is 16.3. The number of pyridine rings is 1. The molecule has 2 aromatic rings. The van der Waals surface area contributed by atoms with E-state index < -0.39 is 5.91 Å². The van der Waals surface area contributed by atoms with Crippen LogP contribution in [0.2, 0.25) is 0 Å². The summed E-state index contributed by atoms with van der Waals surface area (Å²) in [5.74, 6) is -0.436. The molecule has 6 heteroatoms. The number of fused-ring (bicyclic) bond motifs is 1. The van der Waals surface area contributed by atoms with Gasteiger partial charge in [-0.1, -0.05) is 6.07 Å². The first-order valence-corrected chi connectivity index (χ1v) is 6.09. The van der Waals surface area contributed by atoms with E-state index in [1.165, 1.54) is 10.6 Å². The molecule has 0 fully saturated rings. The number of nitrogens with zero attached hydrogens (tertiary/aromatic N) is 2. The Labute approximate surface area is 109 Å². The van der Waals surface area contributed by atoms with Gasteiger partial charge in [-0.15, -0.1) is 0 Å². The molecule has 0 atom stereocenters. The monoisotopic (exact) mass is 261 g/mol. The maximum atomic E-state index is 12.1. The van der Waals surface area contributed by atoms with Gasteiger partial charge in [0.05, 0.1) is 0 Å². The highest BCUT2D eigenvalue weighted by Gasteiger charge is 2.12. The Kier molecular flexibility index (Phi) is 4.25. The van der Waals surface area contributed by atoms with E-state index in [1.807, 2.05) is 0 Å². The summed E-state index contributed by atoms with van der Waals surface area (Å²) < 4.78 is 1.34. The zero-order chi connectivity index (χ0) is 13.7. The molecule has 0 saturated heterocycles. The molecule has 100 valence electrons. The number of carbonyl (C=O) groups excluding carboxylic acids is 1. The summed E-state index contributed by atoms with van der Waals surface area (Å²) in [5, 5.41) is 11.3. The first-order chi connectivity index (χ1) is 9.24. The lowest BCUT2D eigenvalue weighted by Gasteiger charge is -2.05. The summed E-state index contributed by atoms with van der Waals surface area (Å²) in [6, 6.07) is 5.18. The number of nitrogens with one attached hydrogen (secondary N) is 1. The van der Waals surface area contributed by atoms with Crippen LogP contribution < -0.4 is 10.9 Å². The second kappa shape index (κ2) is 6.10. The number of carbonyl (C=O) groups is 1. The summed E-state index contributed by atoms with van der Waals surface area (Å²) in [5.41, 5.74) is 0.141. The second-order valence-electron chi connectivity index (χ2n) is 4.09. The average molecular weight is 261 g/mol. The van der Waals surface area contributed by atoms with E-state index in [0.29, 0.717) is 25.0 Å². The van der Waals surface area contributed by atoms with Gasteiger partial charge in [-0.3, -0.25) is 14.0 Å². The normalized spacial score (nSPS) is 10.6. The molecule has 0 aliphatic heterocycles. The highest BCUT2D eigenvalue weighted by Crippen LogP contribution is 1.97. The number of aliphatic hydroxyl groups excluding tert-OH is 1. The molecule has 2 aromatic heterocycles. The largest absolute Gasteiger partial charge is 0.396 e. The van der Waals surface area contributed by atoms with Crippen LogP contribution in [0.1, 0.15) is 23.2 Å². The summed E-state index contributed by atoms with van der Waals surface area (Å²) >= 11 is 0. The quantitative estimate of drug-likeness (QED) is 0.753. The Balaban J connectivity index is 2.18. The van der Waals surface area contributed by atoms with Gasteiger partial charge in [0.1, 0.15) is 11.2 Å². The SMILES string of the molecule is O=C(NCCCCO)c1cnc2ccccn2c1=O. The number of hydrogen-bond acceptors (Lipinski definition) is 4. The molecule has 6 nitrogen and oxygen atoms in total. The predicted octanol–water partition coefficient (Wildman–Crippen LogP) is 0.197. The topological polar surface area (TPSA) is 83.7 Å². The van der Waals surface area contributed by atoms with E-state index in [0.717, 1.165) is 0 Å². The third kappa shape index (κ3) is 2.97. The van der Waals surface area contributed by atoms with Crippen LogP contribution in [0.3, 0.4) is 0 Å². The van der Waals surface area contributed by atoms with Crippen LogP contribution >= 0.6 is 0 Å². The molecule has 0 aliphatic rings. The molecule has 0 radical (unpaired) electrons. The Bertz CT molecular complexity index is 636. The summed E-state index contributed by atoms with van der Waals surface area (Å²) in [4.78, 5) is 28.0. The Morgan fingerprint density at radius 3 is 3.00 bits per heavy atom. The minimum Gasteiger partial charge on any atom is -0.396 e. The van der Waals surface area contributed by atoms with Crippen LogP contribution in [0.5, 0.6) is 0 Å². The number of amides is 1. The van der Waals surface area contributed by atoms with Crippen molar-refractivity contribution in [2.24, 2.45) is 0 Å². The zero-order valence-corrected chi connectivity index (χ0v) is 10.4. The van der Waals surface area contributed by atoms with E-state index in [9.17, 15) is 9.59 Å². The van der Waals surface area contributed by atoms with Gasteiger partial charge in [0, 0.05) is 25.5 Å². The van der Waals surface area contributed by atoms with Crippen LogP contribution in [0, 0.1) is 0 Å². The second-order valence-corrected chi connectivity index (χ2v) is 4.09. The van der Waals surface area contributed by atoms with Gasteiger partial charge >= 0.3 is 0 Å². The van der Waals surface area contributed by atoms with Crippen molar-refractivity contribution in [3.05, 3.63) is 46.5 Å². The fourth-order valence-corrected chi connectivity index (χ4v) is 1.72. The third-order valence-electron chi connectivity index (χ3n) is 2.73. The van der Waals surface area contributed by atoms with Crippen molar-refractivity contribution in [2.75, 3.05) is 13.2 Å². The van der Waals surface area contributed by atoms with Crippen molar-refractivity contribution in [1.29, 1.82) is 0 Å². The van der Waals surface area contributed by atoms with Crippen molar-refractivity contribution in [3.63, 3.8) is 0 Å². The van der Waals surface area contributed by atoms with Crippen molar-refractivity contribution in [2.45, 2.75) is 12.8 Å². The lowest BCUT2D eigenvalue weighted by Crippen LogP contribution is -2.32. The van der Waals surface area contributed by atoms with Crippen LogP contribution in [0.15, 0.2) is 35.4 Å². The first kappa shape index (κ1) is 13.2. The molecular weight excluding hydrogens is 246 g/mol. The third-order valence-corrected chi connectivity index (χ3v) is 2.73. The summed E-state index contributed by atoms with van der Waals surface area (Å²) in [6.45, 7) is 0.520. The van der Waals surface area contributed by atoms with Gasteiger partial charge < -0.3 is 10.4 Å². The number of rotatable bonds is 5. The number of aromatic nitrogens is 2. The molecule has 0 aliphatic carbocycles. The highest BCUT2D eigenvalue weighted by molar-refractivity contribution is 5.93. The standard InChI is InChI=1S/C13H15N3O3/c17-8-4-2-6-14-12(18)10-9-15-11-5-1-3-7-16(11)13(10)19/h1,3,5,7,9,17H,2,4,6,8H2,(H,14,18). The fraction of sp³-hybridized carbons (Fsp3) is 0.308. The maximum absolute atomic E-state index is 12.1. The van der Waals surface area contributed by atoms with Gasteiger partial charge in [0.2, 0.25) is 0 Å². The van der Waals surface area contributed by atoms with Crippen molar-refractivity contribution in [3.8, 4) is 0 Å². The Morgan fingerprint density at radius 1 is 1.37 bits per heavy atom. The minimum absolute atomic E-state index is 0.0210. The van der Waals surface area contributed by atoms with E-state index in [2.05, 4.69) is 10.3 Å². The van der Waals surface area contributed by atoms with Crippen LogP contribution in [0.25, 0.3) is 5.65 Å². The van der Waals surface area contributed by atoms with Gasteiger partial charge in [0.25, 0.3) is 11.5 Å². The zero-order valence-electron chi connectivity index (χ0n) is 10.4. The van der Waals surface area contributed by atoms with E-state index >= 15 is 0 Å². The molecule has 0 unspecified atom stereocenters. The molecule has 0 saturated carbocycles. The van der Waals surface area contributed by atoms with Crippen molar-refractivity contribution >= 4 is 11.6 Å². The van der Waals surface area contributed by atoms with Gasteiger partial charge in [-0.25, -0.2) is 4.98 Å². The number of aliphatic hydroxyl groups is 1.